The molecule has 0 amide bonds. The van der Waals surface area contributed by atoms with Gasteiger partial charge in [-0.15, -0.1) is 0 Å². The number of esters is 1. The number of hydrogen-bond acceptors (Lipinski definition) is 4. The summed E-state index contributed by atoms with van der Waals surface area (Å²) in [5, 5.41) is 3.23. The quantitative estimate of drug-likeness (QED) is 0.269. The molecule has 0 spiro atoms. The lowest BCUT2D eigenvalue weighted by Gasteiger charge is -2.07. The Kier molecular flexibility index (Phi) is 5.37. The maximum Gasteiger partial charge on any atom is 0.340 e. The van der Waals surface area contributed by atoms with Crippen LogP contribution in [0.1, 0.15) is 12.5 Å². The summed E-state index contributed by atoms with van der Waals surface area (Å²) in [6, 6.07) is 4.18. The molecule has 0 saturated carbocycles. The first kappa shape index (κ1) is 14.5. The Labute approximate surface area is 109 Å². The zero-order valence-corrected chi connectivity index (χ0v) is 10.5. The van der Waals surface area contributed by atoms with E-state index in [1.807, 2.05) is 0 Å². The highest BCUT2D eigenvalue weighted by atomic mass is 19.1. The lowest BCUT2D eigenvalue weighted by Crippen LogP contribution is -2.05. The van der Waals surface area contributed by atoms with Crippen LogP contribution in [0.4, 0.5) is 4.39 Å². The minimum absolute atomic E-state index is 0.0440. The number of halogens is 1. The number of para-hydroxylation sites is 1. The molecule has 0 saturated heterocycles. The molecule has 0 N–H and O–H groups in total. The highest BCUT2D eigenvalue weighted by molar-refractivity contribution is 5.93. The minimum Gasteiger partial charge on any atom is -0.493 e. The largest absolute Gasteiger partial charge is 0.493 e. The molecule has 0 aromatic heterocycles. The van der Waals surface area contributed by atoms with Crippen molar-refractivity contribution < 1.29 is 18.7 Å². The Balaban J connectivity index is 3.26. The highest BCUT2D eigenvalue weighted by Gasteiger charge is 2.12. The molecular weight excluding hydrogens is 253 g/mol. The molecule has 0 atom stereocenters. The van der Waals surface area contributed by atoms with E-state index in [0.717, 1.165) is 0 Å². The molecule has 1 aromatic rings. The summed E-state index contributed by atoms with van der Waals surface area (Å²) < 4.78 is 23.1. The summed E-state index contributed by atoms with van der Waals surface area (Å²) in [5.41, 5.74) is 8.42. The summed E-state index contributed by atoms with van der Waals surface area (Å²) in [4.78, 5) is 14.1. The van der Waals surface area contributed by atoms with Crippen molar-refractivity contribution in [2.75, 3.05) is 13.7 Å². The van der Waals surface area contributed by atoms with Crippen molar-refractivity contribution in [3.63, 3.8) is 0 Å². The van der Waals surface area contributed by atoms with Crippen LogP contribution in [0.5, 0.6) is 5.75 Å². The molecule has 1 rings (SSSR count). The molecule has 0 aliphatic rings. The topological polar surface area (TPSA) is 84.3 Å². The molecule has 0 aliphatic carbocycles. The first-order chi connectivity index (χ1) is 9.13. The fourth-order valence-electron chi connectivity index (χ4n) is 1.38. The number of methoxy groups -OCH3 is 1. The zero-order chi connectivity index (χ0) is 14.3. The van der Waals surface area contributed by atoms with Crippen LogP contribution in [-0.4, -0.2) is 19.7 Å². The van der Waals surface area contributed by atoms with Crippen molar-refractivity contribution in [3.8, 4) is 5.75 Å². The zero-order valence-electron chi connectivity index (χ0n) is 10.5. The second-order valence-electron chi connectivity index (χ2n) is 3.30. The molecule has 19 heavy (non-hydrogen) atoms. The van der Waals surface area contributed by atoms with Gasteiger partial charge in [0.2, 0.25) is 0 Å². The number of rotatable bonds is 5. The van der Waals surface area contributed by atoms with Gasteiger partial charge in [-0.05, 0) is 24.6 Å². The normalized spacial score (nSPS) is 10.6. The Morgan fingerprint density at radius 2 is 2.32 bits per heavy atom. The van der Waals surface area contributed by atoms with Crippen molar-refractivity contribution in [1.82, 2.24) is 0 Å². The van der Waals surface area contributed by atoms with Crippen molar-refractivity contribution >= 4 is 12.0 Å². The molecule has 0 heterocycles. The Hall–Kier alpha value is -2.53. The van der Waals surface area contributed by atoms with Crippen LogP contribution in [0, 0.1) is 5.82 Å². The number of azide groups is 1. The standard InChI is InChI=1S/C12H12FN3O3/c1-3-19-12(17)10(15-16-14)7-8-5-4-6-9(13)11(8)18-2/h4-7H,3H2,1-2H3/b10-7-. The third-order valence-electron chi connectivity index (χ3n) is 2.13. The van der Waals surface area contributed by atoms with Gasteiger partial charge in [0.05, 0.1) is 13.7 Å². The third kappa shape index (κ3) is 3.72. The van der Waals surface area contributed by atoms with Gasteiger partial charge in [0, 0.05) is 10.5 Å². The molecular formula is C12H12FN3O3. The van der Waals surface area contributed by atoms with E-state index in [4.69, 9.17) is 15.0 Å². The lowest BCUT2D eigenvalue weighted by atomic mass is 10.1. The summed E-state index contributed by atoms with van der Waals surface area (Å²) >= 11 is 0. The Bertz CT molecular complexity index is 551. The first-order valence-corrected chi connectivity index (χ1v) is 5.40. The average molecular weight is 265 g/mol. The van der Waals surface area contributed by atoms with Gasteiger partial charge >= 0.3 is 5.97 Å². The Morgan fingerprint density at radius 1 is 1.58 bits per heavy atom. The third-order valence-corrected chi connectivity index (χ3v) is 2.13. The maximum atomic E-state index is 13.5. The van der Waals surface area contributed by atoms with Crippen LogP contribution >= 0.6 is 0 Å². The van der Waals surface area contributed by atoms with Gasteiger partial charge in [0.1, 0.15) is 5.70 Å². The smallest absolute Gasteiger partial charge is 0.340 e. The van der Waals surface area contributed by atoms with E-state index >= 15 is 0 Å². The van der Waals surface area contributed by atoms with Gasteiger partial charge < -0.3 is 9.47 Å². The van der Waals surface area contributed by atoms with Crippen molar-refractivity contribution in [2.45, 2.75) is 6.92 Å². The van der Waals surface area contributed by atoms with Crippen LogP contribution in [0.15, 0.2) is 29.0 Å². The molecule has 0 bridgehead atoms. The maximum absolute atomic E-state index is 13.5. The van der Waals surface area contributed by atoms with Crippen LogP contribution in [0.25, 0.3) is 16.5 Å². The van der Waals surface area contributed by atoms with Gasteiger partial charge in [-0.1, -0.05) is 17.2 Å². The van der Waals surface area contributed by atoms with Crippen LogP contribution in [0.2, 0.25) is 0 Å². The van der Waals surface area contributed by atoms with E-state index in [2.05, 4.69) is 10.0 Å². The van der Waals surface area contributed by atoms with Gasteiger partial charge in [-0.2, -0.15) is 0 Å². The summed E-state index contributed by atoms with van der Waals surface area (Å²) in [6.07, 6.45) is 1.21. The van der Waals surface area contributed by atoms with E-state index < -0.39 is 11.8 Å². The molecule has 1 aromatic carbocycles. The number of carbonyl (C=O) groups is 1. The molecule has 100 valence electrons. The van der Waals surface area contributed by atoms with Crippen LogP contribution < -0.4 is 4.74 Å². The fourth-order valence-corrected chi connectivity index (χ4v) is 1.38. The van der Waals surface area contributed by atoms with E-state index in [1.165, 1.54) is 31.4 Å². The minimum atomic E-state index is -0.786. The fraction of sp³-hybridized carbons (Fsp3) is 0.250. The monoisotopic (exact) mass is 265 g/mol. The number of nitrogens with zero attached hydrogens (tertiary/aromatic N) is 3. The molecule has 7 heteroatoms. The highest BCUT2D eigenvalue weighted by Crippen LogP contribution is 2.25. The second kappa shape index (κ2) is 7.03. The molecule has 0 aliphatic heterocycles. The molecule has 6 nitrogen and oxygen atoms in total. The van der Waals surface area contributed by atoms with E-state index in [0.29, 0.717) is 0 Å². The summed E-state index contributed by atoms with van der Waals surface area (Å²) in [7, 11) is 1.30. The van der Waals surface area contributed by atoms with E-state index in [9.17, 15) is 9.18 Å². The van der Waals surface area contributed by atoms with Crippen molar-refractivity contribution in [1.29, 1.82) is 0 Å². The predicted molar refractivity (Wildman–Crippen MR) is 66.7 cm³/mol. The van der Waals surface area contributed by atoms with Crippen LogP contribution in [0.3, 0.4) is 0 Å². The van der Waals surface area contributed by atoms with Crippen molar-refractivity contribution in [2.24, 2.45) is 5.11 Å². The Morgan fingerprint density at radius 3 is 2.89 bits per heavy atom. The van der Waals surface area contributed by atoms with Gasteiger partial charge in [-0.25, -0.2) is 9.18 Å². The first-order valence-electron chi connectivity index (χ1n) is 5.40. The molecule has 0 radical (unpaired) electrons. The van der Waals surface area contributed by atoms with E-state index in [1.54, 1.807) is 6.92 Å². The van der Waals surface area contributed by atoms with E-state index in [-0.39, 0.29) is 23.6 Å². The molecule has 0 unspecified atom stereocenters. The number of carbonyl (C=O) groups excluding carboxylic acids is 1. The second-order valence-corrected chi connectivity index (χ2v) is 3.30. The van der Waals surface area contributed by atoms with Gasteiger partial charge in [-0.3, -0.25) is 0 Å². The summed E-state index contributed by atoms with van der Waals surface area (Å²) in [6.45, 7) is 1.76. The van der Waals surface area contributed by atoms with Gasteiger partial charge in [0.25, 0.3) is 0 Å². The van der Waals surface area contributed by atoms with Gasteiger partial charge in [0.15, 0.2) is 11.6 Å². The van der Waals surface area contributed by atoms with Crippen molar-refractivity contribution in [3.05, 3.63) is 45.7 Å². The average Bonchev–Trinajstić information content (AvgIpc) is 2.38. The SMILES string of the molecule is CCOC(=O)/C(=C/c1cccc(F)c1OC)N=[N+]=[N-]. The molecule has 0 fully saturated rings. The number of ether oxygens (including phenoxy) is 2. The number of benzene rings is 1. The van der Waals surface area contributed by atoms with Crippen LogP contribution in [-0.2, 0) is 9.53 Å². The number of hydrogen-bond donors (Lipinski definition) is 0. The summed E-state index contributed by atoms with van der Waals surface area (Å²) in [5.74, 6) is -1.41. The lowest BCUT2D eigenvalue weighted by molar-refractivity contribution is -0.138. The predicted octanol–water partition coefficient (Wildman–Crippen LogP) is 3.05.